The van der Waals surface area contributed by atoms with Gasteiger partial charge in [-0.15, -0.1) is 0 Å². The number of ether oxygens (including phenoxy) is 1. The topological polar surface area (TPSA) is 84.8 Å². The fraction of sp³-hybridized carbons (Fsp3) is 0.333. The maximum absolute atomic E-state index is 13.6. The van der Waals surface area contributed by atoms with Crippen LogP contribution in [-0.4, -0.2) is 32.4 Å². The number of nitrogens with zero attached hydrogens (tertiary/aromatic N) is 1. The van der Waals surface area contributed by atoms with E-state index in [9.17, 15) is 17.6 Å². The van der Waals surface area contributed by atoms with Crippen LogP contribution in [0.3, 0.4) is 0 Å². The van der Waals surface area contributed by atoms with Crippen molar-refractivity contribution in [3.8, 4) is 5.75 Å². The van der Waals surface area contributed by atoms with Crippen molar-refractivity contribution in [3.05, 3.63) is 58.9 Å². The van der Waals surface area contributed by atoms with Gasteiger partial charge >= 0.3 is 0 Å². The molecule has 0 aliphatic carbocycles. The predicted octanol–water partition coefficient (Wildman–Crippen LogP) is 3.33. The molecule has 1 heterocycles. The van der Waals surface area contributed by atoms with Crippen molar-refractivity contribution in [1.29, 1.82) is 0 Å². The highest BCUT2D eigenvalue weighted by Crippen LogP contribution is 2.28. The molecule has 1 N–H and O–H groups in total. The second kappa shape index (κ2) is 8.32. The van der Waals surface area contributed by atoms with Crippen LogP contribution >= 0.6 is 0 Å². The van der Waals surface area contributed by atoms with E-state index in [0.717, 1.165) is 23.3 Å². The number of hydrogen-bond acceptors (Lipinski definition) is 5. The van der Waals surface area contributed by atoms with E-state index in [1.54, 1.807) is 0 Å². The minimum absolute atomic E-state index is 0.0238. The fourth-order valence-electron chi connectivity index (χ4n) is 3.14. The van der Waals surface area contributed by atoms with Crippen molar-refractivity contribution >= 4 is 21.5 Å². The molecule has 29 heavy (non-hydrogen) atoms. The molecule has 1 aliphatic rings. The third kappa shape index (κ3) is 4.82. The molecule has 2 aromatic rings. The maximum Gasteiger partial charge on any atom is 0.277 e. The Bertz CT molecular complexity index is 1080. The number of rotatable bonds is 5. The van der Waals surface area contributed by atoms with Gasteiger partial charge in [0.15, 0.2) is 16.4 Å². The molecule has 0 atom stereocenters. The van der Waals surface area contributed by atoms with Gasteiger partial charge in [0.1, 0.15) is 11.6 Å². The number of hydrazone groups is 1. The summed E-state index contributed by atoms with van der Waals surface area (Å²) in [5.41, 5.74) is 4.90. The lowest BCUT2D eigenvalue weighted by atomic mass is 10.0. The first-order valence-electron chi connectivity index (χ1n) is 9.29. The van der Waals surface area contributed by atoms with Gasteiger partial charge in [-0.2, -0.15) is 5.10 Å². The molecule has 0 fully saturated rings. The van der Waals surface area contributed by atoms with Gasteiger partial charge < -0.3 is 4.74 Å². The molecule has 0 unspecified atom stereocenters. The van der Waals surface area contributed by atoms with E-state index in [-0.39, 0.29) is 35.2 Å². The van der Waals surface area contributed by atoms with Crippen LogP contribution in [0.15, 0.2) is 46.4 Å². The van der Waals surface area contributed by atoms with Crippen molar-refractivity contribution in [2.75, 3.05) is 12.4 Å². The number of sulfone groups is 1. The van der Waals surface area contributed by atoms with Crippen LogP contribution in [0.5, 0.6) is 5.75 Å². The SMILES string of the molecule is Cc1ccc(C(C)C)c(OCC(=O)N/N=C2\CCS(=O)(=O)c3ccc(F)cc32)c1. The zero-order chi connectivity index (χ0) is 21.2. The van der Waals surface area contributed by atoms with Gasteiger partial charge in [-0.25, -0.2) is 18.2 Å². The van der Waals surface area contributed by atoms with Gasteiger partial charge in [0.05, 0.1) is 16.4 Å². The van der Waals surface area contributed by atoms with Crippen molar-refractivity contribution in [3.63, 3.8) is 0 Å². The highest BCUT2D eigenvalue weighted by atomic mass is 32.2. The molecule has 1 amide bonds. The highest BCUT2D eigenvalue weighted by molar-refractivity contribution is 7.91. The lowest BCUT2D eigenvalue weighted by Gasteiger charge is -2.18. The molecule has 6 nitrogen and oxygen atoms in total. The predicted molar refractivity (Wildman–Crippen MR) is 109 cm³/mol. The molecule has 8 heteroatoms. The average Bonchev–Trinajstić information content (AvgIpc) is 2.65. The average molecular weight is 418 g/mol. The number of benzene rings is 2. The number of fused-ring (bicyclic) bond motifs is 1. The normalized spacial score (nSPS) is 16.5. The van der Waals surface area contributed by atoms with Gasteiger partial charge in [-0.3, -0.25) is 4.79 Å². The quantitative estimate of drug-likeness (QED) is 0.596. The molecule has 0 spiro atoms. The third-order valence-electron chi connectivity index (χ3n) is 4.66. The Morgan fingerprint density at radius 3 is 2.72 bits per heavy atom. The Morgan fingerprint density at radius 1 is 1.24 bits per heavy atom. The number of carbonyl (C=O) groups is 1. The van der Waals surface area contributed by atoms with Crippen LogP contribution in [0.1, 0.15) is 42.9 Å². The van der Waals surface area contributed by atoms with E-state index in [4.69, 9.17) is 4.74 Å². The zero-order valence-corrected chi connectivity index (χ0v) is 17.3. The molecule has 3 rings (SSSR count). The summed E-state index contributed by atoms with van der Waals surface area (Å²) < 4.78 is 43.6. The molecular weight excluding hydrogens is 395 g/mol. The second-order valence-corrected chi connectivity index (χ2v) is 9.37. The number of amides is 1. The Balaban J connectivity index is 1.72. The van der Waals surface area contributed by atoms with Gasteiger partial charge in [-0.1, -0.05) is 26.0 Å². The summed E-state index contributed by atoms with van der Waals surface area (Å²) in [6.07, 6.45) is 0.0926. The lowest BCUT2D eigenvalue weighted by Crippen LogP contribution is -2.29. The molecule has 2 aromatic carbocycles. The van der Waals surface area contributed by atoms with Gasteiger partial charge in [-0.05, 0) is 48.2 Å². The van der Waals surface area contributed by atoms with Crippen LogP contribution < -0.4 is 10.2 Å². The first-order valence-corrected chi connectivity index (χ1v) is 10.9. The smallest absolute Gasteiger partial charge is 0.277 e. The van der Waals surface area contributed by atoms with E-state index < -0.39 is 21.6 Å². The first kappa shape index (κ1) is 21.0. The Kier molecular flexibility index (Phi) is 6.02. The molecule has 1 aliphatic heterocycles. The zero-order valence-electron chi connectivity index (χ0n) is 16.5. The van der Waals surface area contributed by atoms with E-state index in [1.807, 2.05) is 39.0 Å². The summed E-state index contributed by atoms with van der Waals surface area (Å²) in [7, 11) is -3.48. The van der Waals surface area contributed by atoms with Gasteiger partial charge in [0, 0.05) is 12.0 Å². The van der Waals surface area contributed by atoms with Crippen LogP contribution in [0.25, 0.3) is 0 Å². The standard InChI is InChI=1S/C21H23FN2O4S/c1-13(2)16-6-4-14(3)10-19(16)28-12-21(25)24-23-18-8-9-29(26,27)20-7-5-15(22)11-17(18)20/h4-7,10-11,13H,8-9,12H2,1-3H3,(H,24,25)/b23-18+. The maximum atomic E-state index is 13.6. The Labute approximate surface area is 169 Å². The number of halogens is 1. The minimum Gasteiger partial charge on any atom is -0.483 e. The molecule has 0 saturated carbocycles. The van der Waals surface area contributed by atoms with E-state index >= 15 is 0 Å². The molecule has 0 bridgehead atoms. The van der Waals surface area contributed by atoms with Gasteiger partial charge in [0.2, 0.25) is 0 Å². The number of hydrogen-bond donors (Lipinski definition) is 1. The summed E-state index contributed by atoms with van der Waals surface area (Å²) in [5.74, 6) is -0.315. The van der Waals surface area contributed by atoms with Crippen molar-refractivity contribution in [2.45, 2.75) is 38.0 Å². The Morgan fingerprint density at radius 2 is 2.00 bits per heavy atom. The molecule has 0 radical (unpaired) electrons. The third-order valence-corrected chi connectivity index (χ3v) is 6.43. The van der Waals surface area contributed by atoms with Crippen molar-refractivity contribution in [2.24, 2.45) is 5.10 Å². The van der Waals surface area contributed by atoms with Crippen molar-refractivity contribution < 1.29 is 22.3 Å². The van der Waals surface area contributed by atoms with E-state index in [1.165, 1.54) is 6.07 Å². The fourth-order valence-corrected chi connectivity index (χ4v) is 4.61. The first-order chi connectivity index (χ1) is 13.7. The van der Waals surface area contributed by atoms with Crippen LogP contribution in [0.4, 0.5) is 4.39 Å². The monoisotopic (exact) mass is 418 g/mol. The van der Waals surface area contributed by atoms with Crippen molar-refractivity contribution in [1.82, 2.24) is 5.43 Å². The lowest BCUT2D eigenvalue weighted by molar-refractivity contribution is -0.123. The Hall–Kier alpha value is -2.74. The summed E-state index contributed by atoms with van der Waals surface area (Å²) in [4.78, 5) is 12.2. The van der Waals surface area contributed by atoms with Crippen LogP contribution in [0, 0.1) is 12.7 Å². The molecule has 0 aromatic heterocycles. The van der Waals surface area contributed by atoms with E-state index in [0.29, 0.717) is 11.5 Å². The molecule has 154 valence electrons. The van der Waals surface area contributed by atoms with Crippen LogP contribution in [0.2, 0.25) is 0 Å². The molecular formula is C21H23FN2O4S. The number of aryl methyl sites for hydroxylation is 1. The summed E-state index contributed by atoms with van der Waals surface area (Å²) in [6.45, 7) is 5.78. The minimum atomic E-state index is -3.48. The summed E-state index contributed by atoms with van der Waals surface area (Å²) in [5, 5.41) is 4.02. The summed E-state index contributed by atoms with van der Waals surface area (Å²) in [6, 6.07) is 9.28. The van der Waals surface area contributed by atoms with E-state index in [2.05, 4.69) is 10.5 Å². The molecule has 0 saturated heterocycles. The second-order valence-electron chi connectivity index (χ2n) is 7.29. The number of carbonyl (C=O) groups excluding carboxylic acids is 1. The highest BCUT2D eigenvalue weighted by Gasteiger charge is 2.28. The largest absolute Gasteiger partial charge is 0.483 e. The number of nitrogens with one attached hydrogen (secondary N) is 1. The van der Waals surface area contributed by atoms with Crippen LogP contribution in [-0.2, 0) is 14.6 Å². The summed E-state index contributed by atoms with van der Waals surface area (Å²) >= 11 is 0. The van der Waals surface area contributed by atoms with Gasteiger partial charge in [0.25, 0.3) is 5.91 Å².